The molecule has 0 amide bonds. The first kappa shape index (κ1) is 30.3. The van der Waals surface area contributed by atoms with Gasteiger partial charge in [0, 0.05) is 49.4 Å². The van der Waals surface area contributed by atoms with Gasteiger partial charge in [0.1, 0.15) is 5.82 Å². The minimum atomic E-state index is 0.931. The Bertz CT molecular complexity index is 3180. The van der Waals surface area contributed by atoms with E-state index in [0.717, 1.165) is 72.5 Å². The fraction of sp³-hybridized carbons (Fsp3) is 0. The van der Waals surface area contributed by atoms with Gasteiger partial charge in [-0.1, -0.05) is 133 Å². The van der Waals surface area contributed by atoms with Crippen LogP contribution >= 0.6 is 0 Å². The third-order valence-corrected chi connectivity index (χ3v) is 10.7. The number of fused-ring (bicyclic) bond motifs is 8. The number of hydrogen-bond donors (Lipinski definition) is 0. The second kappa shape index (κ2) is 12.1. The summed E-state index contributed by atoms with van der Waals surface area (Å²) in [7, 11) is 0. The van der Waals surface area contributed by atoms with E-state index in [9.17, 15) is 0 Å². The van der Waals surface area contributed by atoms with E-state index in [1.54, 1.807) is 0 Å². The van der Waals surface area contributed by atoms with Gasteiger partial charge in [-0.15, -0.1) is 0 Å². The van der Waals surface area contributed by atoms with Gasteiger partial charge in [0.25, 0.3) is 0 Å². The van der Waals surface area contributed by atoms with Gasteiger partial charge in [0.05, 0.1) is 33.3 Å². The van der Waals surface area contributed by atoms with Crippen molar-refractivity contribution in [2.24, 2.45) is 0 Å². The van der Waals surface area contributed by atoms with Crippen LogP contribution in [-0.2, 0) is 0 Å². The zero-order valence-electron chi connectivity index (χ0n) is 29.3. The number of aromatic nitrogens is 4. The van der Waals surface area contributed by atoms with E-state index in [2.05, 4.69) is 191 Å². The molecule has 0 saturated heterocycles. The first-order valence-electron chi connectivity index (χ1n) is 18.3. The highest BCUT2D eigenvalue weighted by Gasteiger charge is 2.20. The van der Waals surface area contributed by atoms with E-state index in [1.165, 1.54) is 27.2 Å². The Morgan fingerprint density at radius 3 is 1.72 bits per heavy atom. The molecular formula is C50H32N4. The number of imidazole rings is 1. The summed E-state index contributed by atoms with van der Waals surface area (Å²) < 4.78 is 4.65. The largest absolute Gasteiger partial charge is 0.309 e. The summed E-state index contributed by atoms with van der Waals surface area (Å²) in [5.74, 6) is 0.931. The van der Waals surface area contributed by atoms with Crippen LogP contribution in [0.2, 0.25) is 0 Å². The van der Waals surface area contributed by atoms with Crippen LogP contribution in [0.4, 0.5) is 0 Å². The highest BCUT2D eigenvalue weighted by atomic mass is 15.1. The van der Waals surface area contributed by atoms with E-state index in [-0.39, 0.29) is 0 Å². The predicted molar refractivity (Wildman–Crippen MR) is 225 cm³/mol. The van der Waals surface area contributed by atoms with Gasteiger partial charge in [-0.25, -0.2) is 9.97 Å². The zero-order chi connectivity index (χ0) is 35.6. The van der Waals surface area contributed by atoms with Crippen molar-refractivity contribution in [2.75, 3.05) is 0 Å². The number of para-hydroxylation sites is 4. The summed E-state index contributed by atoms with van der Waals surface area (Å²) in [6, 6.07) is 68.9. The molecule has 0 unspecified atom stereocenters. The molecule has 54 heavy (non-hydrogen) atoms. The lowest BCUT2D eigenvalue weighted by molar-refractivity contribution is 1.10. The minimum Gasteiger partial charge on any atom is -0.309 e. The Balaban J connectivity index is 1.15. The topological polar surface area (TPSA) is 35.6 Å². The molecule has 11 rings (SSSR count). The average Bonchev–Trinajstić information content (AvgIpc) is 3.81. The van der Waals surface area contributed by atoms with Gasteiger partial charge < -0.3 is 4.57 Å². The maximum Gasteiger partial charge on any atom is 0.145 e. The summed E-state index contributed by atoms with van der Waals surface area (Å²) >= 11 is 0. The van der Waals surface area contributed by atoms with Crippen LogP contribution in [0.25, 0.3) is 99.7 Å². The van der Waals surface area contributed by atoms with E-state index < -0.39 is 0 Å². The van der Waals surface area contributed by atoms with Crippen molar-refractivity contribution in [3.63, 3.8) is 0 Å². The van der Waals surface area contributed by atoms with Crippen LogP contribution in [0, 0.1) is 0 Å². The molecule has 4 nitrogen and oxygen atoms in total. The van der Waals surface area contributed by atoms with Crippen molar-refractivity contribution >= 4 is 54.5 Å². The van der Waals surface area contributed by atoms with Crippen molar-refractivity contribution in [3.05, 3.63) is 194 Å². The standard InChI is InChI=1S/C50H32N4/c1-4-14-34(15-5-1)49-40-29-31-46-48(39-20-10-12-22-44(39)53(46)37-18-8-3-9-19-37)47(40)41-32-36(26-30-42(41)51-49)33-24-27-38(28-25-33)54-45-23-13-11-21-43(45)52-50(54)35-16-6-2-7-17-35/h1-32H. The van der Waals surface area contributed by atoms with Crippen molar-refractivity contribution in [2.45, 2.75) is 0 Å². The molecule has 0 fully saturated rings. The number of benzene rings is 8. The van der Waals surface area contributed by atoms with Gasteiger partial charge >= 0.3 is 0 Å². The lowest BCUT2D eigenvalue weighted by atomic mass is 9.94. The number of nitrogens with zero attached hydrogens (tertiary/aromatic N) is 4. The number of pyridine rings is 1. The van der Waals surface area contributed by atoms with Gasteiger partial charge in [0.15, 0.2) is 0 Å². The van der Waals surface area contributed by atoms with E-state index in [4.69, 9.17) is 9.97 Å². The Hall–Kier alpha value is -7.30. The number of rotatable bonds is 5. The van der Waals surface area contributed by atoms with Gasteiger partial charge in [-0.3, -0.25) is 4.57 Å². The molecule has 8 aromatic carbocycles. The smallest absolute Gasteiger partial charge is 0.145 e. The molecule has 0 N–H and O–H groups in total. The van der Waals surface area contributed by atoms with Crippen LogP contribution in [-0.4, -0.2) is 19.1 Å². The van der Waals surface area contributed by atoms with E-state index in [0.29, 0.717) is 0 Å². The maximum atomic E-state index is 5.36. The van der Waals surface area contributed by atoms with E-state index >= 15 is 0 Å². The highest BCUT2D eigenvalue weighted by molar-refractivity contribution is 6.29. The average molecular weight is 689 g/mol. The first-order chi connectivity index (χ1) is 26.8. The normalized spacial score (nSPS) is 11.7. The van der Waals surface area contributed by atoms with Crippen molar-refractivity contribution in [1.29, 1.82) is 0 Å². The molecule has 252 valence electrons. The Labute approximate surface area is 311 Å². The molecule has 0 atom stereocenters. The van der Waals surface area contributed by atoms with Crippen LogP contribution < -0.4 is 0 Å². The number of hydrogen-bond acceptors (Lipinski definition) is 2. The van der Waals surface area contributed by atoms with Crippen LogP contribution in [0.5, 0.6) is 0 Å². The molecule has 0 radical (unpaired) electrons. The van der Waals surface area contributed by atoms with Gasteiger partial charge in [-0.05, 0) is 71.8 Å². The van der Waals surface area contributed by atoms with Crippen LogP contribution in [0.15, 0.2) is 194 Å². The highest BCUT2D eigenvalue weighted by Crippen LogP contribution is 2.43. The molecule has 0 aliphatic heterocycles. The molecule has 4 heteroatoms. The van der Waals surface area contributed by atoms with Crippen molar-refractivity contribution < 1.29 is 0 Å². The van der Waals surface area contributed by atoms with E-state index in [1.807, 2.05) is 12.1 Å². The van der Waals surface area contributed by atoms with Crippen LogP contribution in [0.1, 0.15) is 0 Å². The minimum absolute atomic E-state index is 0.931. The lowest BCUT2D eigenvalue weighted by Gasteiger charge is -2.14. The molecule has 0 saturated carbocycles. The third kappa shape index (κ3) is 4.70. The molecule has 0 bridgehead atoms. The Morgan fingerprint density at radius 1 is 0.315 bits per heavy atom. The molecule has 11 aromatic rings. The Morgan fingerprint density at radius 2 is 0.944 bits per heavy atom. The van der Waals surface area contributed by atoms with Crippen molar-refractivity contribution in [3.8, 4) is 45.1 Å². The van der Waals surface area contributed by atoms with Gasteiger partial charge in [-0.2, -0.15) is 0 Å². The molecule has 0 aliphatic rings. The lowest BCUT2D eigenvalue weighted by Crippen LogP contribution is -1.97. The Kier molecular flexibility index (Phi) is 6.82. The first-order valence-corrected chi connectivity index (χ1v) is 18.3. The van der Waals surface area contributed by atoms with Crippen LogP contribution in [0.3, 0.4) is 0 Å². The SMILES string of the molecule is c1ccc(-c2nc3ccc(-c4ccc(-n5c(-c6ccccc6)nc6ccccc65)cc4)cc3c3c2ccc2c3c3ccccc3n2-c2ccccc2)cc1. The molecule has 3 heterocycles. The molecular weight excluding hydrogens is 657 g/mol. The summed E-state index contributed by atoms with van der Waals surface area (Å²) in [6.45, 7) is 0. The third-order valence-electron chi connectivity index (χ3n) is 10.7. The summed E-state index contributed by atoms with van der Waals surface area (Å²) in [4.78, 5) is 10.4. The summed E-state index contributed by atoms with van der Waals surface area (Å²) in [6.07, 6.45) is 0. The summed E-state index contributed by atoms with van der Waals surface area (Å²) in [5.41, 5.74) is 13.1. The fourth-order valence-corrected chi connectivity index (χ4v) is 8.27. The zero-order valence-corrected chi connectivity index (χ0v) is 29.3. The molecule has 0 spiro atoms. The molecule has 3 aromatic heterocycles. The second-order valence-electron chi connectivity index (χ2n) is 13.8. The second-order valence-corrected chi connectivity index (χ2v) is 13.8. The van der Waals surface area contributed by atoms with Crippen molar-refractivity contribution in [1.82, 2.24) is 19.1 Å². The summed E-state index contributed by atoms with van der Waals surface area (Å²) in [5, 5.41) is 5.97. The van der Waals surface area contributed by atoms with Gasteiger partial charge in [0.2, 0.25) is 0 Å². The predicted octanol–water partition coefficient (Wildman–Crippen LogP) is 12.8. The fourth-order valence-electron chi connectivity index (χ4n) is 8.27. The maximum absolute atomic E-state index is 5.36. The monoisotopic (exact) mass is 688 g/mol. The quantitative estimate of drug-likeness (QED) is 0.169. The molecule has 0 aliphatic carbocycles.